The van der Waals surface area contributed by atoms with Crippen molar-refractivity contribution >= 4 is 16.1 Å². The monoisotopic (exact) mass is 347 g/mol. The van der Waals surface area contributed by atoms with E-state index in [4.69, 9.17) is 4.74 Å². The lowest BCUT2D eigenvalue weighted by atomic mass is 9.98. The summed E-state index contributed by atoms with van der Waals surface area (Å²) in [6, 6.07) is -0.115. The highest BCUT2D eigenvalue weighted by Crippen LogP contribution is 2.20. The average molecular weight is 347 g/mol. The normalized spacial score (nSPS) is 21.3. The summed E-state index contributed by atoms with van der Waals surface area (Å²) in [4.78, 5) is 13.7. The SMILES string of the molecule is CS(=O)(=O)N1CCN(C(=O)NCCCOC2CCCCC2)CC1. The van der Waals surface area contributed by atoms with Gasteiger partial charge >= 0.3 is 6.03 Å². The van der Waals surface area contributed by atoms with Gasteiger partial charge in [0.1, 0.15) is 0 Å². The number of urea groups is 1. The van der Waals surface area contributed by atoms with Gasteiger partial charge in [-0.2, -0.15) is 4.31 Å². The lowest BCUT2D eigenvalue weighted by molar-refractivity contribution is 0.0274. The second kappa shape index (κ2) is 8.84. The van der Waals surface area contributed by atoms with Crippen LogP contribution in [0.3, 0.4) is 0 Å². The molecule has 0 aromatic carbocycles. The van der Waals surface area contributed by atoms with Gasteiger partial charge in [-0.05, 0) is 19.3 Å². The molecule has 1 saturated heterocycles. The van der Waals surface area contributed by atoms with Crippen molar-refractivity contribution in [2.45, 2.75) is 44.6 Å². The number of rotatable bonds is 6. The number of nitrogens with one attached hydrogen (secondary N) is 1. The summed E-state index contributed by atoms with van der Waals surface area (Å²) in [5.74, 6) is 0. The van der Waals surface area contributed by atoms with Crippen LogP contribution in [-0.4, -0.2) is 75.3 Å². The minimum absolute atomic E-state index is 0.115. The number of hydrogen-bond acceptors (Lipinski definition) is 4. The van der Waals surface area contributed by atoms with Crippen LogP contribution in [0.2, 0.25) is 0 Å². The lowest BCUT2D eigenvalue weighted by Crippen LogP contribution is -2.53. The number of amides is 2. The topological polar surface area (TPSA) is 79.0 Å². The molecule has 134 valence electrons. The smallest absolute Gasteiger partial charge is 0.317 e. The van der Waals surface area contributed by atoms with Gasteiger partial charge in [-0.15, -0.1) is 0 Å². The quantitative estimate of drug-likeness (QED) is 0.728. The highest BCUT2D eigenvalue weighted by molar-refractivity contribution is 7.88. The predicted molar refractivity (Wildman–Crippen MR) is 88.8 cm³/mol. The van der Waals surface area contributed by atoms with Crippen LogP contribution < -0.4 is 5.32 Å². The second-order valence-electron chi connectivity index (χ2n) is 6.37. The van der Waals surface area contributed by atoms with Crippen LogP contribution >= 0.6 is 0 Å². The van der Waals surface area contributed by atoms with Gasteiger partial charge in [0.25, 0.3) is 0 Å². The van der Waals surface area contributed by atoms with Crippen molar-refractivity contribution in [2.24, 2.45) is 0 Å². The molecule has 2 rings (SSSR count). The fourth-order valence-corrected chi connectivity index (χ4v) is 3.91. The summed E-state index contributed by atoms with van der Waals surface area (Å²) in [5.41, 5.74) is 0. The van der Waals surface area contributed by atoms with Crippen molar-refractivity contribution in [1.29, 1.82) is 0 Å². The van der Waals surface area contributed by atoms with Gasteiger partial charge in [0.05, 0.1) is 12.4 Å². The van der Waals surface area contributed by atoms with Crippen molar-refractivity contribution in [2.75, 3.05) is 45.6 Å². The summed E-state index contributed by atoms with van der Waals surface area (Å²) in [7, 11) is -3.15. The zero-order valence-electron chi connectivity index (χ0n) is 14.0. The molecule has 0 radical (unpaired) electrons. The summed E-state index contributed by atoms with van der Waals surface area (Å²) in [6.07, 6.45) is 8.60. The minimum atomic E-state index is -3.15. The Kier molecular flexibility index (Phi) is 7.10. The molecule has 2 fully saturated rings. The van der Waals surface area contributed by atoms with Crippen molar-refractivity contribution in [3.05, 3.63) is 0 Å². The molecule has 0 spiro atoms. The first-order valence-electron chi connectivity index (χ1n) is 8.56. The summed E-state index contributed by atoms with van der Waals surface area (Å²) in [6.45, 7) is 2.91. The molecule has 8 heteroatoms. The van der Waals surface area contributed by atoms with Crippen LogP contribution in [-0.2, 0) is 14.8 Å². The molecule has 0 bridgehead atoms. The Morgan fingerprint density at radius 2 is 1.78 bits per heavy atom. The van der Waals surface area contributed by atoms with Gasteiger partial charge in [-0.3, -0.25) is 0 Å². The van der Waals surface area contributed by atoms with E-state index in [0.717, 1.165) is 19.3 Å². The highest BCUT2D eigenvalue weighted by atomic mass is 32.2. The van der Waals surface area contributed by atoms with E-state index in [1.807, 2.05) is 0 Å². The third kappa shape index (κ3) is 6.27. The van der Waals surface area contributed by atoms with Crippen molar-refractivity contribution < 1.29 is 17.9 Å². The van der Waals surface area contributed by atoms with E-state index < -0.39 is 10.0 Å². The molecule has 0 aromatic rings. The number of hydrogen-bond donors (Lipinski definition) is 1. The van der Waals surface area contributed by atoms with E-state index in [2.05, 4.69) is 5.32 Å². The maximum atomic E-state index is 12.0. The minimum Gasteiger partial charge on any atom is -0.378 e. The first-order chi connectivity index (χ1) is 11.0. The Morgan fingerprint density at radius 1 is 1.13 bits per heavy atom. The van der Waals surface area contributed by atoms with Gasteiger partial charge in [0.2, 0.25) is 10.0 Å². The standard InChI is InChI=1S/C15H29N3O4S/c1-23(20,21)18-11-9-17(10-12-18)15(19)16-8-5-13-22-14-6-3-2-4-7-14/h14H,2-13H2,1H3,(H,16,19). The molecule has 2 amide bonds. The molecule has 1 saturated carbocycles. The molecule has 1 N–H and O–H groups in total. The third-order valence-corrected chi connectivity index (χ3v) is 5.80. The molecule has 0 aromatic heterocycles. The van der Waals surface area contributed by atoms with Crippen LogP contribution in [0, 0.1) is 0 Å². The fourth-order valence-electron chi connectivity index (χ4n) is 3.08. The van der Waals surface area contributed by atoms with Crippen LogP contribution in [0.5, 0.6) is 0 Å². The predicted octanol–water partition coefficient (Wildman–Crippen LogP) is 1.01. The van der Waals surface area contributed by atoms with Crippen LogP contribution in [0.4, 0.5) is 4.79 Å². The van der Waals surface area contributed by atoms with Gasteiger partial charge in [-0.25, -0.2) is 13.2 Å². The summed E-state index contributed by atoms with van der Waals surface area (Å²) >= 11 is 0. The molecule has 2 aliphatic rings. The zero-order chi connectivity index (χ0) is 16.7. The second-order valence-corrected chi connectivity index (χ2v) is 8.35. The van der Waals surface area contributed by atoms with E-state index in [1.54, 1.807) is 4.90 Å². The number of nitrogens with zero attached hydrogens (tertiary/aromatic N) is 2. The first kappa shape index (κ1) is 18.5. The molecule has 23 heavy (non-hydrogen) atoms. The molecule has 0 unspecified atom stereocenters. The van der Waals surface area contributed by atoms with Gasteiger partial charge < -0.3 is 15.0 Å². The fraction of sp³-hybridized carbons (Fsp3) is 0.933. The summed E-state index contributed by atoms with van der Waals surface area (Å²) in [5, 5.41) is 2.88. The van der Waals surface area contributed by atoms with E-state index in [9.17, 15) is 13.2 Å². The maximum absolute atomic E-state index is 12.0. The van der Waals surface area contributed by atoms with Gasteiger partial charge in [0, 0.05) is 39.3 Å². The van der Waals surface area contributed by atoms with Crippen molar-refractivity contribution in [3.63, 3.8) is 0 Å². The number of ether oxygens (including phenoxy) is 1. The van der Waals surface area contributed by atoms with Crippen molar-refractivity contribution in [1.82, 2.24) is 14.5 Å². The van der Waals surface area contributed by atoms with E-state index >= 15 is 0 Å². The molecular formula is C15H29N3O4S. The van der Waals surface area contributed by atoms with E-state index in [-0.39, 0.29) is 6.03 Å². The Morgan fingerprint density at radius 3 is 2.39 bits per heavy atom. The van der Waals surface area contributed by atoms with Gasteiger partial charge in [-0.1, -0.05) is 19.3 Å². The largest absolute Gasteiger partial charge is 0.378 e. The number of sulfonamides is 1. The van der Waals surface area contributed by atoms with E-state index in [1.165, 1.54) is 29.8 Å². The Balaban J connectivity index is 1.55. The number of carbonyl (C=O) groups is 1. The number of piperazine rings is 1. The number of carbonyl (C=O) groups excluding carboxylic acids is 1. The molecule has 7 nitrogen and oxygen atoms in total. The van der Waals surface area contributed by atoms with Crippen LogP contribution in [0.25, 0.3) is 0 Å². The third-order valence-electron chi connectivity index (χ3n) is 4.50. The Labute approximate surface area is 139 Å². The van der Waals surface area contributed by atoms with Gasteiger partial charge in [0.15, 0.2) is 0 Å². The Bertz CT molecular complexity index is 469. The first-order valence-corrected chi connectivity index (χ1v) is 10.4. The van der Waals surface area contributed by atoms with E-state index in [0.29, 0.717) is 45.4 Å². The Hall–Kier alpha value is -0.860. The molecule has 1 aliphatic heterocycles. The van der Waals surface area contributed by atoms with Crippen molar-refractivity contribution in [3.8, 4) is 0 Å². The maximum Gasteiger partial charge on any atom is 0.317 e. The van der Waals surface area contributed by atoms with Crippen LogP contribution in [0.1, 0.15) is 38.5 Å². The summed E-state index contributed by atoms with van der Waals surface area (Å²) < 4.78 is 30.1. The molecule has 1 heterocycles. The lowest BCUT2D eigenvalue weighted by Gasteiger charge is -2.33. The molecule has 1 aliphatic carbocycles. The highest BCUT2D eigenvalue weighted by Gasteiger charge is 2.25. The molecule has 0 atom stereocenters. The van der Waals surface area contributed by atoms with Crippen LogP contribution in [0.15, 0.2) is 0 Å². The zero-order valence-corrected chi connectivity index (χ0v) is 14.8. The molecular weight excluding hydrogens is 318 g/mol. The average Bonchev–Trinajstić information content (AvgIpc) is 2.54.